The standard InChI is InChI=1S/C23H19NO4/c1-23(25)20-6-4-3-5-19(20)21(15-9-13-18(28-2)14-10-15)22(23)16-7-11-17(12-8-16)24(26)27/h3-14,25H,1-2H3. The van der Waals surface area contributed by atoms with Gasteiger partial charge in [-0.15, -0.1) is 0 Å². The summed E-state index contributed by atoms with van der Waals surface area (Å²) in [5.74, 6) is 0.749. The van der Waals surface area contributed by atoms with E-state index in [1.807, 2.05) is 48.5 Å². The Kier molecular flexibility index (Phi) is 4.24. The van der Waals surface area contributed by atoms with Crippen LogP contribution < -0.4 is 4.74 Å². The van der Waals surface area contributed by atoms with Crippen LogP contribution in [0, 0.1) is 10.1 Å². The van der Waals surface area contributed by atoms with Crippen LogP contribution in [0.5, 0.6) is 5.75 Å². The second-order valence-corrected chi connectivity index (χ2v) is 6.90. The van der Waals surface area contributed by atoms with Gasteiger partial charge in [0.1, 0.15) is 11.4 Å². The Morgan fingerprint density at radius 3 is 2.14 bits per heavy atom. The maximum Gasteiger partial charge on any atom is 0.269 e. The molecule has 3 aromatic carbocycles. The number of non-ortho nitro benzene ring substituents is 1. The number of benzene rings is 3. The zero-order valence-electron chi connectivity index (χ0n) is 15.5. The van der Waals surface area contributed by atoms with Gasteiger partial charge in [0.2, 0.25) is 0 Å². The molecule has 1 N–H and O–H groups in total. The maximum absolute atomic E-state index is 11.5. The van der Waals surface area contributed by atoms with Crippen LogP contribution in [-0.4, -0.2) is 17.1 Å². The van der Waals surface area contributed by atoms with Crippen molar-refractivity contribution in [2.75, 3.05) is 7.11 Å². The van der Waals surface area contributed by atoms with Crippen molar-refractivity contribution in [2.45, 2.75) is 12.5 Å². The summed E-state index contributed by atoms with van der Waals surface area (Å²) >= 11 is 0. The lowest BCUT2D eigenvalue weighted by Gasteiger charge is -2.24. The largest absolute Gasteiger partial charge is 0.497 e. The van der Waals surface area contributed by atoms with Crippen molar-refractivity contribution in [1.82, 2.24) is 0 Å². The Balaban J connectivity index is 1.97. The minimum atomic E-state index is -1.22. The van der Waals surface area contributed by atoms with Gasteiger partial charge in [-0.1, -0.05) is 36.4 Å². The first-order valence-corrected chi connectivity index (χ1v) is 8.89. The average Bonchev–Trinajstić information content (AvgIpc) is 2.95. The van der Waals surface area contributed by atoms with Crippen molar-refractivity contribution in [2.24, 2.45) is 0 Å². The van der Waals surface area contributed by atoms with Gasteiger partial charge in [0.05, 0.1) is 12.0 Å². The molecule has 1 aliphatic carbocycles. The molecule has 0 fully saturated rings. The zero-order chi connectivity index (χ0) is 19.9. The molecule has 28 heavy (non-hydrogen) atoms. The molecule has 5 nitrogen and oxygen atoms in total. The molecule has 1 aliphatic rings. The summed E-state index contributed by atoms with van der Waals surface area (Å²) in [6, 6.07) is 21.7. The molecular formula is C23H19NO4. The van der Waals surface area contributed by atoms with E-state index in [9.17, 15) is 15.2 Å². The minimum Gasteiger partial charge on any atom is -0.497 e. The summed E-state index contributed by atoms with van der Waals surface area (Å²) in [5.41, 5.74) is 3.90. The Bertz CT molecular complexity index is 1080. The van der Waals surface area contributed by atoms with Crippen LogP contribution in [0.15, 0.2) is 72.8 Å². The van der Waals surface area contributed by atoms with E-state index in [0.717, 1.165) is 39.1 Å². The lowest BCUT2D eigenvalue weighted by molar-refractivity contribution is -0.384. The molecule has 0 bridgehead atoms. The van der Waals surface area contributed by atoms with Crippen LogP contribution in [0.3, 0.4) is 0 Å². The zero-order valence-corrected chi connectivity index (χ0v) is 15.5. The fourth-order valence-electron chi connectivity index (χ4n) is 3.87. The number of aliphatic hydroxyl groups is 1. The molecule has 140 valence electrons. The third-order valence-corrected chi connectivity index (χ3v) is 5.20. The number of nitrogens with zero attached hydrogens (tertiary/aromatic N) is 1. The summed E-state index contributed by atoms with van der Waals surface area (Å²) < 4.78 is 5.26. The van der Waals surface area contributed by atoms with E-state index in [4.69, 9.17) is 4.74 Å². The Labute approximate surface area is 162 Å². The minimum absolute atomic E-state index is 0.0190. The number of hydrogen-bond acceptors (Lipinski definition) is 4. The lowest BCUT2D eigenvalue weighted by atomic mass is 9.87. The van der Waals surface area contributed by atoms with Crippen LogP contribution in [0.1, 0.15) is 29.2 Å². The summed E-state index contributed by atoms with van der Waals surface area (Å²) in [5, 5.41) is 22.5. The molecule has 1 atom stereocenters. The number of ether oxygens (including phenoxy) is 1. The predicted octanol–water partition coefficient (Wildman–Crippen LogP) is 4.78. The van der Waals surface area contributed by atoms with Crippen LogP contribution in [0.4, 0.5) is 5.69 Å². The molecule has 0 spiro atoms. The van der Waals surface area contributed by atoms with E-state index in [0.29, 0.717) is 0 Å². The monoisotopic (exact) mass is 373 g/mol. The van der Waals surface area contributed by atoms with Gasteiger partial charge in [-0.25, -0.2) is 0 Å². The third kappa shape index (κ3) is 2.77. The van der Waals surface area contributed by atoms with Crippen molar-refractivity contribution in [1.29, 1.82) is 0 Å². The SMILES string of the molecule is COc1ccc(C2=C(c3ccc([N+](=O)[O-])cc3)C(C)(O)c3ccccc32)cc1. The Morgan fingerprint density at radius 1 is 0.929 bits per heavy atom. The van der Waals surface area contributed by atoms with Crippen LogP contribution in [0.25, 0.3) is 11.1 Å². The quantitative estimate of drug-likeness (QED) is 0.527. The summed E-state index contributed by atoms with van der Waals surface area (Å²) in [7, 11) is 1.62. The van der Waals surface area contributed by atoms with Crippen molar-refractivity contribution in [3.05, 3.63) is 105 Å². The Morgan fingerprint density at radius 2 is 1.54 bits per heavy atom. The second-order valence-electron chi connectivity index (χ2n) is 6.90. The average molecular weight is 373 g/mol. The van der Waals surface area contributed by atoms with E-state index in [-0.39, 0.29) is 5.69 Å². The molecule has 0 heterocycles. The number of nitro benzene ring substituents is 1. The maximum atomic E-state index is 11.5. The first-order valence-electron chi connectivity index (χ1n) is 8.89. The highest BCUT2D eigenvalue weighted by Gasteiger charge is 2.40. The smallest absolute Gasteiger partial charge is 0.269 e. The molecule has 0 aliphatic heterocycles. The topological polar surface area (TPSA) is 72.6 Å². The number of nitro groups is 1. The molecular weight excluding hydrogens is 354 g/mol. The first-order chi connectivity index (χ1) is 13.4. The summed E-state index contributed by atoms with van der Waals surface area (Å²) in [4.78, 5) is 10.6. The van der Waals surface area contributed by atoms with Crippen molar-refractivity contribution < 1.29 is 14.8 Å². The van der Waals surface area contributed by atoms with Gasteiger partial charge in [0, 0.05) is 17.7 Å². The van der Waals surface area contributed by atoms with Gasteiger partial charge < -0.3 is 9.84 Å². The van der Waals surface area contributed by atoms with Gasteiger partial charge >= 0.3 is 0 Å². The van der Waals surface area contributed by atoms with Crippen molar-refractivity contribution in [3.63, 3.8) is 0 Å². The van der Waals surface area contributed by atoms with E-state index < -0.39 is 10.5 Å². The van der Waals surface area contributed by atoms with Crippen LogP contribution in [0.2, 0.25) is 0 Å². The Hall–Kier alpha value is -3.44. The van der Waals surface area contributed by atoms with Crippen LogP contribution in [-0.2, 0) is 5.60 Å². The van der Waals surface area contributed by atoms with E-state index in [1.165, 1.54) is 12.1 Å². The first kappa shape index (κ1) is 17.9. The molecule has 1 unspecified atom stereocenters. The van der Waals surface area contributed by atoms with Gasteiger partial charge in [0.15, 0.2) is 0 Å². The number of rotatable bonds is 4. The summed E-state index contributed by atoms with van der Waals surface area (Å²) in [6.45, 7) is 1.76. The van der Waals surface area contributed by atoms with E-state index >= 15 is 0 Å². The fourth-order valence-corrected chi connectivity index (χ4v) is 3.87. The fraction of sp³-hybridized carbons (Fsp3) is 0.130. The van der Waals surface area contributed by atoms with Crippen molar-refractivity contribution >= 4 is 16.8 Å². The van der Waals surface area contributed by atoms with E-state index in [1.54, 1.807) is 26.2 Å². The molecule has 3 aromatic rings. The number of hydrogen-bond donors (Lipinski definition) is 1. The summed E-state index contributed by atoms with van der Waals surface area (Å²) in [6.07, 6.45) is 0. The molecule has 4 rings (SSSR count). The highest BCUT2D eigenvalue weighted by molar-refractivity contribution is 6.06. The molecule has 0 saturated carbocycles. The van der Waals surface area contributed by atoms with Gasteiger partial charge in [0.25, 0.3) is 5.69 Å². The van der Waals surface area contributed by atoms with Crippen LogP contribution >= 0.6 is 0 Å². The number of fused-ring (bicyclic) bond motifs is 1. The molecule has 0 saturated heterocycles. The predicted molar refractivity (Wildman–Crippen MR) is 108 cm³/mol. The van der Waals surface area contributed by atoms with Gasteiger partial charge in [-0.2, -0.15) is 0 Å². The van der Waals surface area contributed by atoms with Crippen molar-refractivity contribution in [3.8, 4) is 5.75 Å². The van der Waals surface area contributed by atoms with Gasteiger partial charge in [-0.05, 0) is 59.0 Å². The highest BCUT2D eigenvalue weighted by Crippen LogP contribution is 2.51. The van der Waals surface area contributed by atoms with Gasteiger partial charge in [-0.3, -0.25) is 10.1 Å². The normalized spacial score (nSPS) is 18.1. The molecule has 0 amide bonds. The third-order valence-electron chi connectivity index (χ3n) is 5.20. The lowest BCUT2D eigenvalue weighted by Crippen LogP contribution is -2.20. The second kappa shape index (κ2) is 6.62. The van der Waals surface area contributed by atoms with E-state index in [2.05, 4.69) is 0 Å². The molecule has 5 heteroatoms. The molecule has 0 aromatic heterocycles. The number of methoxy groups -OCH3 is 1. The molecule has 0 radical (unpaired) electrons. The highest BCUT2D eigenvalue weighted by atomic mass is 16.6.